The van der Waals surface area contributed by atoms with Crippen molar-refractivity contribution < 1.29 is 0 Å². The van der Waals surface area contributed by atoms with Gasteiger partial charge >= 0.3 is 0 Å². The number of benzene rings is 1. The lowest BCUT2D eigenvalue weighted by atomic mass is 10.2. The Morgan fingerprint density at radius 1 is 1.11 bits per heavy atom. The van der Waals surface area contributed by atoms with Gasteiger partial charge in [-0.25, -0.2) is 10.8 Å². The van der Waals surface area contributed by atoms with Crippen molar-refractivity contribution in [1.29, 1.82) is 0 Å². The fraction of sp³-hybridized carbons (Fsp3) is 0.167. The van der Waals surface area contributed by atoms with Gasteiger partial charge in [0.1, 0.15) is 5.82 Å². The van der Waals surface area contributed by atoms with E-state index in [1.165, 1.54) is 0 Å². The van der Waals surface area contributed by atoms with Crippen LogP contribution in [-0.4, -0.2) is 9.97 Å². The van der Waals surface area contributed by atoms with Crippen molar-refractivity contribution in [3.63, 3.8) is 0 Å². The van der Waals surface area contributed by atoms with Gasteiger partial charge in [-0.05, 0) is 38.1 Å². The highest BCUT2D eigenvalue weighted by Crippen LogP contribution is 2.20. The number of aryl methyl sites for hydroxylation is 1. The lowest BCUT2D eigenvalue weighted by Crippen LogP contribution is -2.13. The molecule has 0 aliphatic heterocycles. The van der Waals surface area contributed by atoms with E-state index in [0.29, 0.717) is 16.8 Å². The van der Waals surface area contributed by atoms with E-state index in [4.69, 9.17) is 17.4 Å². The monoisotopic (exact) mass is 263 g/mol. The molecule has 2 rings (SSSR count). The van der Waals surface area contributed by atoms with E-state index in [1.807, 2.05) is 26.0 Å². The first kappa shape index (κ1) is 12.6. The molecule has 0 amide bonds. The summed E-state index contributed by atoms with van der Waals surface area (Å²) in [4.78, 5) is 8.63. The minimum atomic E-state index is 0.494. The van der Waals surface area contributed by atoms with E-state index in [2.05, 4.69) is 20.7 Å². The number of halogens is 1. The van der Waals surface area contributed by atoms with Crippen LogP contribution in [0.15, 0.2) is 24.3 Å². The van der Waals surface area contributed by atoms with Crippen molar-refractivity contribution in [2.24, 2.45) is 5.84 Å². The van der Waals surface area contributed by atoms with Gasteiger partial charge in [0.15, 0.2) is 0 Å². The molecule has 0 radical (unpaired) electrons. The summed E-state index contributed by atoms with van der Waals surface area (Å²) < 4.78 is 0. The number of nitrogens with zero attached hydrogens (tertiary/aromatic N) is 2. The molecule has 1 heterocycles. The third-order valence-electron chi connectivity index (χ3n) is 2.63. The first-order valence-corrected chi connectivity index (χ1v) is 5.82. The molecule has 0 atom stereocenters. The summed E-state index contributed by atoms with van der Waals surface area (Å²) in [5.41, 5.74) is 5.23. The number of hydrogen-bond donors (Lipinski definition) is 3. The van der Waals surface area contributed by atoms with Crippen molar-refractivity contribution in [1.82, 2.24) is 9.97 Å². The molecule has 94 valence electrons. The van der Waals surface area contributed by atoms with Crippen LogP contribution in [0, 0.1) is 13.8 Å². The molecular formula is C12H14ClN5. The zero-order valence-electron chi connectivity index (χ0n) is 10.2. The fourth-order valence-electron chi connectivity index (χ4n) is 1.49. The van der Waals surface area contributed by atoms with E-state index < -0.39 is 0 Å². The maximum atomic E-state index is 5.82. The summed E-state index contributed by atoms with van der Waals surface area (Å²) in [5.74, 6) is 6.52. The van der Waals surface area contributed by atoms with Gasteiger partial charge in [-0.2, -0.15) is 4.98 Å². The second kappa shape index (κ2) is 5.20. The molecule has 0 unspecified atom stereocenters. The number of aromatic nitrogens is 2. The summed E-state index contributed by atoms with van der Waals surface area (Å²) in [6.07, 6.45) is 0. The van der Waals surface area contributed by atoms with Gasteiger partial charge in [0.25, 0.3) is 0 Å². The molecule has 1 aromatic carbocycles. The van der Waals surface area contributed by atoms with Crippen LogP contribution in [0.4, 0.5) is 17.5 Å². The molecule has 0 bridgehead atoms. The smallest absolute Gasteiger partial charge is 0.229 e. The van der Waals surface area contributed by atoms with E-state index in [1.54, 1.807) is 12.1 Å². The number of nitrogens with one attached hydrogen (secondary N) is 2. The predicted octanol–water partition coefficient (Wildman–Crippen LogP) is 2.78. The van der Waals surface area contributed by atoms with Crippen LogP contribution in [0.1, 0.15) is 11.3 Å². The van der Waals surface area contributed by atoms with Crippen molar-refractivity contribution in [3.05, 3.63) is 40.5 Å². The second-order valence-corrected chi connectivity index (χ2v) is 4.32. The molecule has 0 aliphatic carbocycles. The Balaban J connectivity index is 2.29. The molecule has 0 aliphatic rings. The summed E-state index contributed by atoms with van der Waals surface area (Å²) in [6.45, 7) is 3.82. The quantitative estimate of drug-likeness (QED) is 0.586. The Bertz CT molecular complexity index is 553. The number of nitrogen functional groups attached to an aromatic ring is 1. The Labute approximate surface area is 110 Å². The first-order valence-electron chi connectivity index (χ1n) is 5.44. The van der Waals surface area contributed by atoms with Gasteiger partial charge in [-0.15, -0.1) is 0 Å². The third-order valence-corrected chi connectivity index (χ3v) is 2.88. The number of hydrazine groups is 1. The van der Waals surface area contributed by atoms with Crippen LogP contribution in [-0.2, 0) is 0 Å². The average molecular weight is 264 g/mol. The highest BCUT2D eigenvalue weighted by Gasteiger charge is 2.06. The van der Waals surface area contributed by atoms with Crippen LogP contribution in [0.2, 0.25) is 5.02 Å². The zero-order chi connectivity index (χ0) is 13.1. The van der Waals surface area contributed by atoms with Crippen LogP contribution in [0.25, 0.3) is 0 Å². The lowest BCUT2D eigenvalue weighted by Gasteiger charge is -2.10. The number of nitrogens with two attached hydrogens (primary N) is 1. The zero-order valence-corrected chi connectivity index (χ0v) is 10.9. The minimum Gasteiger partial charge on any atom is -0.324 e. The van der Waals surface area contributed by atoms with Gasteiger partial charge in [-0.1, -0.05) is 11.6 Å². The second-order valence-electron chi connectivity index (χ2n) is 3.88. The SMILES string of the molecule is Cc1nc(Nc2ccc(Cl)cc2)nc(NN)c1C. The van der Waals surface area contributed by atoms with E-state index in [9.17, 15) is 0 Å². The molecule has 5 nitrogen and oxygen atoms in total. The highest BCUT2D eigenvalue weighted by atomic mass is 35.5. The normalized spacial score (nSPS) is 10.2. The molecule has 4 N–H and O–H groups in total. The highest BCUT2D eigenvalue weighted by molar-refractivity contribution is 6.30. The molecule has 0 spiro atoms. The Hall–Kier alpha value is -1.85. The van der Waals surface area contributed by atoms with Crippen LogP contribution in [0.3, 0.4) is 0 Å². The number of rotatable bonds is 3. The van der Waals surface area contributed by atoms with Gasteiger partial charge in [0.05, 0.1) is 0 Å². The lowest BCUT2D eigenvalue weighted by molar-refractivity contribution is 1.05. The Morgan fingerprint density at radius 3 is 2.39 bits per heavy atom. The first-order chi connectivity index (χ1) is 8.60. The van der Waals surface area contributed by atoms with Crippen molar-refractivity contribution in [2.45, 2.75) is 13.8 Å². The van der Waals surface area contributed by atoms with Gasteiger partial charge in [0, 0.05) is 22.0 Å². The maximum absolute atomic E-state index is 5.82. The molecule has 0 fully saturated rings. The topological polar surface area (TPSA) is 75.9 Å². The average Bonchev–Trinajstić information content (AvgIpc) is 2.36. The number of anilines is 3. The predicted molar refractivity (Wildman–Crippen MR) is 74.1 cm³/mol. The molecule has 1 aromatic heterocycles. The van der Waals surface area contributed by atoms with Crippen molar-refractivity contribution in [2.75, 3.05) is 10.7 Å². The van der Waals surface area contributed by atoms with E-state index >= 15 is 0 Å². The molecule has 18 heavy (non-hydrogen) atoms. The summed E-state index contributed by atoms with van der Waals surface area (Å²) in [7, 11) is 0. The summed E-state index contributed by atoms with van der Waals surface area (Å²) >= 11 is 5.82. The Morgan fingerprint density at radius 2 is 1.78 bits per heavy atom. The standard InChI is InChI=1S/C12H14ClN5/c1-7-8(2)15-12(17-11(7)18-14)16-10-5-3-9(13)4-6-10/h3-6H,14H2,1-2H3,(H2,15,16,17,18). The third kappa shape index (κ3) is 2.69. The number of hydrogen-bond acceptors (Lipinski definition) is 5. The Kier molecular flexibility index (Phi) is 3.64. The van der Waals surface area contributed by atoms with E-state index in [0.717, 1.165) is 16.9 Å². The van der Waals surface area contributed by atoms with Gasteiger partial charge < -0.3 is 10.7 Å². The van der Waals surface area contributed by atoms with Crippen LogP contribution in [0.5, 0.6) is 0 Å². The molecule has 0 saturated carbocycles. The summed E-state index contributed by atoms with van der Waals surface area (Å²) in [6, 6.07) is 7.31. The fourth-order valence-corrected chi connectivity index (χ4v) is 1.61. The summed E-state index contributed by atoms with van der Waals surface area (Å²) in [5, 5.41) is 3.78. The van der Waals surface area contributed by atoms with Gasteiger partial charge in [0.2, 0.25) is 5.95 Å². The van der Waals surface area contributed by atoms with Crippen molar-refractivity contribution in [3.8, 4) is 0 Å². The molecule has 0 saturated heterocycles. The minimum absolute atomic E-state index is 0.494. The molecule has 2 aromatic rings. The van der Waals surface area contributed by atoms with Crippen LogP contribution < -0.4 is 16.6 Å². The molecular weight excluding hydrogens is 250 g/mol. The maximum Gasteiger partial charge on any atom is 0.229 e. The van der Waals surface area contributed by atoms with E-state index in [-0.39, 0.29) is 0 Å². The van der Waals surface area contributed by atoms with Gasteiger partial charge in [-0.3, -0.25) is 0 Å². The van der Waals surface area contributed by atoms with Crippen molar-refractivity contribution >= 4 is 29.1 Å². The van der Waals surface area contributed by atoms with Crippen LogP contribution >= 0.6 is 11.6 Å². The largest absolute Gasteiger partial charge is 0.324 e. The molecule has 6 heteroatoms.